The van der Waals surface area contributed by atoms with Gasteiger partial charge in [-0.1, -0.05) is 30.9 Å². The minimum absolute atomic E-state index is 0.169. The van der Waals surface area contributed by atoms with Crippen molar-refractivity contribution in [2.75, 3.05) is 20.3 Å². The molecule has 1 heterocycles. The highest BCUT2D eigenvalue weighted by atomic mass is 32.1. The van der Waals surface area contributed by atoms with Crippen LogP contribution in [0.2, 0.25) is 0 Å². The first-order valence-corrected chi connectivity index (χ1v) is 6.21. The Labute approximate surface area is 118 Å². The van der Waals surface area contributed by atoms with Crippen LogP contribution >= 0.6 is 12.2 Å². The normalized spacial score (nSPS) is 18.5. The second-order valence-electron chi connectivity index (χ2n) is 3.86. The molecule has 1 amide bonds. The van der Waals surface area contributed by atoms with E-state index in [9.17, 15) is 4.79 Å². The molecule has 0 unspecified atom stereocenters. The van der Waals surface area contributed by atoms with E-state index in [-0.39, 0.29) is 16.8 Å². The van der Waals surface area contributed by atoms with Gasteiger partial charge in [0.25, 0.3) is 11.1 Å². The molecule has 0 aromatic heterocycles. The Morgan fingerprint density at radius 3 is 2.89 bits per heavy atom. The summed E-state index contributed by atoms with van der Waals surface area (Å²) in [4.78, 5) is 13.4. The fraction of sp³-hybridized carbons (Fsp3) is 0.286. The van der Waals surface area contributed by atoms with Gasteiger partial charge in [0.1, 0.15) is 0 Å². The number of hydrogen-bond donors (Lipinski definition) is 0. The summed E-state index contributed by atoms with van der Waals surface area (Å²) in [6, 6.07) is 0. The Hall–Kier alpha value is -1.72. The van der Waals surface area contributed by atoms with Crippen molar-refractivity contribution < 1.29 is 14.3 Å². The van der Waals surface area contributed by atoms with Crippen LogP contribution in [-0.2, 0) is 14.3 Å². The second-order valence-corrected chi connectivity index (χ2v) is 4.21. The highest BCUT2D eigenvalue weighted by Gasteiger charge is 2.32. The summed E-state index contributed by atoms with van der Waals surface area (Å²) < 4.78 is 10.2. The average molecular weight is 279 g/mol. The molecule has 0 aliphatic carbocycles. The lowest BCUT2D eigenvalue weighted by Gasteiger charge is -2.10. The van der Waals surface area contributed by atoms with Crippen LogP contribution in [0.1, 0.15) is 6.92 Å². The Morgan fingerprint density at radius 1 is 1.53 bits per heavy atom. The lowest BCUT2D eigenvalue weighted by molar-refractivity contribution is -0.123. The molecule has 1 aliphatic heterocycles. The minimum Gasteiger partial charge on any atom is -0.426 e. The van der Waals surface area contributed by atoms with Crippen molar-refractivity contribution in [3.05, 3.63) is 48.3 Å². The molecule has 0 atom stereocenters. The molecule has 5 heteroatoms. The number of amides is 1. The van der Waals surface area contributed by atoms with Gasteiger partial charge >= 0.3 is 0 Å². The maximum atomic E-state index is 12.0. The quantitative estimate of drug-likeness (QED) is 0.425. The molecule has 1 saturated heterocycles. The van der Waals surface area contributed by atoms with E-state index in [1.807, 2.05) is 19.1 Å². The maximum absolute atomic E-state index is 12.0. The first kappa shape index (κ1) is 15.3. The molecule has 19 heavy (non-hydrogen) atoms. The van der Waals surface area contributed by atoms with Crippen LogP contribution in [0.25, 0.3) is 0 Å². The molecule has 102 valence electrons. The van der Waals surface area contributed by atoms with Gasteiger partial charge in [0.05, 0.1) is 13.2 Å². The molecule has 4 nitrogen and oxygen atoms in total. The van der Waals surface area contributed by atoms with Crippen molar-refractivity contribution in [1.82, 2.24) is 4.90 Å². The fourth-order valence-electron chi connectivity index (χ4n) is 1.42. The van der Waals surface area contributed by atoms with Crippen LogP contribution in [0, 0.1) is 0 Å². The van der Waals surface area contributed by atoms with E-state index >= 15 is 0 Å². The van der Waals surface area contributed by atoms with Gasteiger partial charge in [-0.3, -0.25) is 9.69 Å². The Kier molecular flexibility index (Phi) is 6.18. The maximum Gasteiger partial charge on any atom is 0.297 e. The van der Waals surface area contributed by atoms with Crippen LogP contribution in [-0.4, -0.2) is 36.2 Å². The van der Waals surface area contributed by atoms with Gasteiger partial charge in [-0.05, 0) is 30.8 Å². The number of thiocarbonyl (C=S) groups is 1. The first-order valence-electron chi connectivity index (χ1n) is 5.80. The van der Waals surface area contributed by atoms with E-state index in [1.54, 1.807) is 25.3 Å². The number of rotatable bonds is 6. The van der Waals surface area contributed by atoms with E-state index in [2.05, 4.69) is 6.58 Å². The Balaban J connectivity index is 2.77. The van der Waals surface area contributed by atoms with Crippen molar-refractivity contribution in [1.29, 1.82) is 0 Å². The van der Waals surface area contributed by atoms with Gasteiger partial charge in [0.15, 0.2) is 5.76 Å². The van der Waals surface area contributed by atoms with Crippen LogP contribution < -0.4 is 0 Å². The van der Waals surface area contributed by atoms with E-state index in [0.29, 0.717) is 13.2 Å². The first-order chi connectivity index (χ1) is 9.10. The zero-order valence-electron chi connectivity index (χ0n) is 11.1. The highest BCUT2D eigenvalue weighted by molar-refractivity contribution is 7.80. The van der Waals surface area contributed by atoms with Crippen LogP contribution in [0.5, 0.6) is 0 Å². The van der Waals surface area contributed by atoms with Crippen LogP contribution in [0.15, 0.2) is 48.3 Å². The smallest absolute Gasteiger partial charge is 0.297 e. The molecule has 0 radical (unpaired) electrons. The van der Waals surface area contributed by atoms with Crippen molar-refractivity contribution in [2.45, 2.75) is 6.92 Å². The van der Waals surface area contributed by atoms with Crippen molar-refractivity contribution in [3.63, 3.8) is 0 Å². The minimum atomic E-state index is -0.234. The molecular weight excluding hydrogens is 262 g/mol. The van der Waals surface area contributed by atoms with E-state index in [4.69, 9.17) is 21.7 Å². The van der Waals surface area contributed by atoms with Gasteiger partial charge in [-0.15, -0.1) is 0 Å². The Bertz CT molecular complexity index is 463. The molecular formula is C14H17NO3S. The van der Waals surface area contributed by atoms with Gasteiger partial charge in [-0.2, -0.15) is 0 Å². The molecule has 1 aliphatic rings. The number of nitrogens with zero attached hydrogens (tertiary/aromatic N) is 1. The van der Waals surface area contributed by atoms with E-state index < -0.39 is 0 Å². The molecule has 1 rings (SSSR count). The van der Waals surface area contributed by atoms with E-state index in [0.717, 1.165) is 5.57 Å². The van der Waals surface area contributed by atoms with Gasteiger partial charge < -0.3 is 9.47 Å². The van der Waals surface area contributed by atoms with Crippen LogP contribution in [0.4, 0.5) is 0 Å². The highest BCUT2D eigenvalue weighted by Crippen LogP contribution is 2.18. The lowest BCUT2D eigenvalue weighted by Crippen LogP contribution is -2.31. The zero-order chi connectivity index (χ0) is 14.3. The standard InChI is InChI=1S/C14H17NO3S/c1-4-5-6-7-11(2)10-12-13(16)15(8-9-17-3)14(19)18-12/h4-7,10H,1,8-9H2,2-3H3/b6-5-,11-7+,12-10+. The van der Waals surface area contributed by atoms with Gasteiger partial charge in [0, 0.05) is 7.11 Å². The SMILES string of the molecule is C=C\C=C/C=C(C)/C=C1/OC(=S)N(CCOC)C1=O. The summed E-state index contributed by atoms with van der Waals surface area (Å²) in [7, 11) is 1.57. The lowest BCUT2D eigenvalue weighted by atomic mass is 10.2. The third kappa shape index (κ3) is 4.46. The summed E-state index contributed by atoms with van der Waals surface area (Å²) in [6.45, 7) is 6.26. The largest absolute Gasteiger partial charge is 0.426 e. The van der Waals surface area contributed by atoms with Gasteiger partial charge in [-0.25, -0.2) is 0 Å². The molecule has 0 aromatic carbocycles. The summed E-state index contributed by atoms with van der Waals surface area (Å²) in [6.07, 6.45) is 8.82. The molecule has 1 fully saturated rings. The van der Waals surface area contributed by atoms with Crippen molar-refractivity contribution >= 4 is 23.3 Å². The number of carbonyl (C=O) groups is 1. The van der Waals surface area contributed by atoms with Crippen molar-refractivity contribution in [3.8, 4) is 0 Å². The zero-order valence-corrected chi connectivity index (χ0v) is 11.9. The summed E-state index contributed by atoms with van der Waals surface area (Å²) in [5.41, 5.74) is 0.887. The number of carbonyl (C=O) groups excluding carboxylic acids is 1. The number of methoxy groups -OCH3 is 1. The number of hydrogen-bond acceptors (Lipinski definition) is 4. The van der Waals surface area contributed by atoms with Gasteiger partial charge in [0.2, 0.25) is 0 Å². The van der Waals surface area contributed by atoms with Crippen molar-refractivity contribution in [2.24, 2.45) is 0 Å². The molecule has 0 N–H and O–H groups in total. The predicted molar refractivity (Wildman–Crippen MR) is 78.4 cm³/mol. The Morgan fingerprint density at radius 2 is 2.26 bits per heavy atom. The topological polar surface area (TPSA) is 38.8 Å². The monoisotopic (exact) mass is 279 g/mol. The van der Waals surface area contributed by atoms with Crippen LogP contribution in [0.3, 0.4) is 0 Å². The third-order valence-electron chi connectivity index (χ3n) is 2.36. The molecule has 0 bridgehead atoms. The van der Waals surface area contributed by atoms with E-state index in [1.165, 1.54) is 4.90 Å². The average Bonchev–Trinajstić information content (AvgIpc) is 2.63. The number of allylic oxidation sites excluding steroid dienone is 6. The molecule has 0 saturated carbocycles. The fourth-order valence-corrected chi connectivity index (χ4v) is 1.68. The summed E-state index contributed by atoms with van der Waals surface area (Å²) >= 11 is 5.01. The summed E-state index contributed by atoms with van der Waals surface area (Å²) in [5, 5.41) is 0.169. The third-order valence-corrected chi connectivity index (χ3v) is 2.66. The second kappa shape index (κ2) is 7.66. The predicted octanol–water partition coefficient (Wildman–Crippen LogP) is 2.35. The summed E-state index contributed by atoms with van der Waals surface area (Å²) in [5.74, 6) is 0.00403. The molecule has 0 spiro atoms. The number of ether oxygens (including phenoxy) is 2. The molecule has 0 aromatic rings.